The summed E-state index contributed by atoms with van der Waals surface area (Å²) in [6.07, 6.45) is 1.34. The van der Waals surface area contributed by atoms with E-state index >= 15 is 0 Å². The lowest BCUT2D eigenvalue weighted by Gasteiger charge is -2.25. The normalized spacial score (nSPS) is 16.8. The fraction of sp³-hybridized carbons (Fsp3) is 0.250. The van der Waals surface area contributed by atoms with E-state index in [4.69, 9.17) is 10.5 Å². The Labute approximate surface area is 125 Å². The van der Waals surface area contributed by atoms with E-state index in [0.29, 0.717) is 17.5 Å². The highest BCUT2D eigenvalue weighted by Crippen LogP contribution is 2.36. The van der Waals surface area contributed by atoms with Crippen LogP contribution in [0.1, 0.15) is 29.4 Å². The molecular formula is C16H14F2N2O2. The average Bonchev–Trinajstić information content (AvgIpc) is 2.45. The third-order valence-corrected chi connectivity index (χ3v) is 3.67. The van der Waals surface area contributed by atoms with E-state index in [1.165, 1.54) is 18.2 Å². The number of nitrogens with zero attached hydrogens (tertiary/aromatic N) is 1. The van der Waals surface area contributed by atoms with Gasteiger partial charge in [-0.1, -0.05) is 0 Å². The van der Waals surface area contributed by atoms with Crippen LogP contribution in [-0.2, 0) is 6.42 Å². The molecule has 0 saturated heterocycles. The number of rotatable bonds is 2. The molecule has 1 aromatic heterocycles. The second-order valence-corrected chi connectivity index (χ2v) is 5.29. The largest absolute Gasteiger partial charge is 0.474 e. The Kier molecular flexibility index (Phi) is 3.52. The van der Waals surface area contributed by atoms with Crippen molar-refractivity contribution < 1.29 is 18.3 Å². The molecule has 3 rings (SSSR count). The molecule has 1 amide bonds. The Morgan fingerprint density at radius 1 is 1.32 bits per heavy atom. The summed E-state index contributed by atoms with van der Waals surface area (Å²) in [6, 6.07) is 4.74. The second kappa shape index (κ2) is 5.36. The van der Waals surface area contributed by atoms with Gasteiger partial charge in [0.25, 0.3) is 5.91 Å². The summed E-state index contributed by atoms with van der Waals surface area (Å²) in [6.45, 7) is 1.89. The number of ether oxygens (including phenoxy) is 1. The van der Waals surface area contributed by atoms with Crippen molar-refractivity contribution in [2.45, 2.75) is 25.9 Å². The topological polar surface area (TPSA) is 65.2 Å². The fourth-order valence-electron chi connectivity index (χ4n) is 2.56. The zero-order chi connectivity index (χ0) is 15.9. The van der Waals surface area contributed by atoms with Crippen LogP contribution in [0.4, 0.5) is 8.78 Å². The standard InChI is InChI=1S/C16H14F2N2O2/c1-8-2-4-11-12(10-5-3-9(17)6-13(10)18)7-14(15(19)21)20-16(11)22-8/h3,5-8H,2,4H2,1H3,(H2,19,21)/t8-/m1/s1. The lowest BCUT2D eigenvalue weighted by Crippen LogP contribution is -2.23. The van der Waals surface area contributed by atoms with Crippen molar-refractivity contribution in [1.29, 1.82) is 0 Å². The molecule has 2 heterocycles. The first-order chi connectivity index (χ1) is 10.5. The van der Waals surface area contributed by atoms with Crippen molar-refractivity contribution in [2.24, 2.45) is 5.73 Å². The summed E-state index contributed by atoms with van der Waals surface area (Å²) < 4.78 is 32.8. The van der Waals surface area contributed by atoms with Crippen molar-refractivity contribution >= 4 is 5.91 Å². The van der Waals surface area contributed by atoms with Gasteiger partial charge in [0.2, 0.25) is 5.88 Å². The van der Waals surface area contributed by atoms with Crippen LogP contribution in [0, 0.1) is 11.6 Å². The predicted molar refractivity (Wildman–Crippen MR) is 76.5 cm³/mol. The molecule has 1 atom stereocenters. The first kappa shape index (κ1) is 14.4. The molecule has 4 nitrogen and oxygen atoms in total. The van der Waals surface area contributed by atoms with Gasteiger partial charge in [-0.3, -0.25) is 4.79 Å². The smallest absolute Gasteiger partial charge is 0.267 e. The molecule has 6 heteroatoms. The minimum atomic E-state index is -0.728. The Hall–Kier alpha value is -2.50. The van der Waals surface area contributed by atoms with Gasteiger partial charge < -0.3 is 10.5 Å². The van der Waals surface area contributed by atoms with Crippen LogP contribution in [0.5, 0.6) is 5.88 Å². The molecule has 0 radical (unpaired) electrons. The van der Waals surface area contributed by atoms with E-state index < -0.39 is 17.5 Å². The molecule has 0 bridgehead atoms. The van der Waals surface area contributed by atoms with Crippen LogP contribution in [0.2, 0.25) is 0 Å². The maximum absolute atomic E-state index is 14.1. The highest BCUT2D eigenvalue weighted by molar-refractivity contribution is 5.93. The van der Waals surface area contributed by atoms with Crippen LogP contribution in [0.25, 0.3) is 11.1 Å². The van der Waals surface area contributed by atoms with Crippen LogP contribution in [0.15, 0.2) is 24.3 Å². The van der Waals surface area contributed by atoms with Crippen LogP contribution < -0.4 is 10.5 Å². The Bertz CT molecular complexity index is 762. The number of benzene rings is 1. The maximum atomic E-state index is 14.1. The van der Waals surface area contributed by atoms with Gasteiger partial charge in [-0.05, 0) is 43.5 Å². The zero-order valence-electron chi connectivity index (χ0n) is 11.9. The number of pyridine rings is 1. The summed E-state index contributed by atoms with van der Waals surface area (Å²) in [7, 11) is 0. The SMILES string of the molecule is C[C@@H]1CCc2c(-c3ccc(F)cc3F)cc(C(N)=O)nc2O1. The molecule has 22 heavy (non-hydrogen) atoms. The third kappa shape index (κ3) is 2.52. The monoisotopic (exact) mass is 304 g/mol. The number of carbonyl (C=O) groups excluding carboxylic acids is 1. The van der Waals surface area contributed by atoms with Crippen LogP contribution in [-0.4, -0.2) is 17.0 Å². The minimum Gasteiger partial charge on any atom is -0.474 e. The molecule has 1 aromatic carbocycles. The Morgan fingerprint density at radius 3 is 2.77 bits per heavy atom. The molecule has 2 N–H and O–H groups in total. The number of halogens is 2. The van der Waals surface area contributed by atoms with E-state index in [1.54, 1.807) is 0 Å². The molecule has 2 aromatic rings. The predicted octanol–water partition coefficient (Wildman–Crippen LogP) is 2.84. The molecule has 0 unspecified atom stereocenters. The van der Waals surface area contributed by atoms with Crippen molar-refractivity contribution in [2.75, 3.05) is 0 Å². The van der Waals surface area contributed by atoms with Gasteiger partial charge >= 0.3 is 0 Å². The van der Waals surface area contributed by atoms with Gasteiger partial charge in [-0.15, -0.1) is 0 Å². The Balaban J connectivity index is 2.23. The molecule has 1 aliphatic heterocycles. The van der Waals surface area contributed by atoms with Gasteiger partial charge in [0.05, 0.1) is 6.10 Å². The number of carbonyl (C=O) groups is 1. The number of fused-ring (bicyclic) bond motifs is 1. The number of aromatic nitrogens is 1. The first-order valence-corrected chi connectivity index (χ1v) is 6.91. The first-order valence-electron chi connectivity index (χ1n) is 6.91. The molecule has 114 valence electrons. The summed E-state index contributed by atoms with van der Waals surface area (Å²) in [5.41, 5.74) is 6.63. The Morgan fingerprint density at radius 2 is 2.09 bits per heavy atom. The van der Waals surface area contributed by atoms with Crippen molar-refractivity contribution in [3.63, 3.8) is 0 Å². The van der Waals surface area contributed by atoms with E-state index in [1.807, 2.05) is 6.92 Å². The molecule has 0 spiro atoms. The van der Waals surface area contributed by atoms with Crippen molar-refractivity contribution in [3.8, 4) is 17.0 Å². The highest BCUT2D eigenvalue weighted by Gasteiger charge is 2.24. The van der Waals surface area contributed by atoms with Gasteiger partial charge in [0.1, 0.15) is 17.3 Å². The van der Waals surface area contributed by atoms with E-state index in [9.17, 15) is 13.6 Å². The quantitative estimate of drug-likeness (QED) is 0.928. The second-order valence-electron chi connectivity index (χ2n) is 5.29. The van der Waals surface area contributed by atoms with Gasteiger partial charge in [-0.25, -0.2) is 13.8 Å². The molecule has 0 fully saturated rings. The summed E-state index contributed by atoms with van der Waals surface area (Å²) in [5, 5.41) is 0. The molecule has 1 aliphatic rings. The third-order valence-electron chi connectivity index (χ3n) is 3.67. The zero-order valence-corrected chi connectivity index (χ0v) is 11.9. The molecule has 0 aliphatic carbocycles. The van der Waals surface area contributed by atoms with Crippen LogP contribution >= 0.6 is 0 Å². The maximum Gasteiger partial charge on any atom is 0.267 e. The van der Waals surface area contributed by atoms with Gasteiger partial charge in [0, 0.05) is 17.2 Å². The van der Waals surface area contributed by atoms with E-state index in [0.717, 1.165) is 12.5 Å². The average molecular weight is 304 g/mol. The van der Waals surface area contributed by atoms with Crippen molar-refractivity contribution in [3.05, 3.63) is 47.2 Å². The summed E-state index contributed by atoms with van der Waals surface area (Å²) in [4.78, 5) is 15.5. The van der Waals surface area contributed by atoms with Gasteiger partial charge in [0.15, 0.2) is 0 Å². The molecular weight excluding hydrogens is 290 g/mol. The lowest BCUT2D eigenvalue weighted by molar-refractivity contribution is 0.0992. The van der Waals surface area contributed by atoms with E-state index in [2.05, 4.69) is 4.98 Å². The fourth-order valence-corrected chi connectivity index (χ4v) is 2.56. The number of hydrogen-bond donors (Lipinski definition) is 1. The number of nitrogens with two attached hydrogens (primary N) is 1. The number of hydrogen-bond acceptors (Lipinski definition) is 3. The number of amides is 1. The van der Waals surface area contributed by atoms with Gasteiger partial charge in [-0.2, -0.15) is 0 Å². The van der Waals surface area contributed by atoms with Crippen molar-refractivity contribution in [1.82, 2.24) is 4.98 Å². The molecule has 0 saturated carbocycles. The summed E-state index contributed by atoms with van der Waals surface area (Å²) in [5.74, 6) is -1.81. The number of primary amides is 1. The minimum absolute atomic E-state index is 0.00780. The lowest BCUT2D eigenvalue weighted by atomic mass is 9.94. The highest BCUT2D eigenvalue weighted by atomic mass is 19.1. The van der Waals surface area contributed by atoms with E-state index in [-0.39, 0.29) is 23.2 Å². The summed E-state index contributed by atoms with van der Waals surface area (Å²) >= 11 is 0. The van der Waals surface area contributed by atoms with Crippen LogP contribution in [0.3, 0.4) is 0 Å².